The lowest BCUT2D eigenvalue weighted by Crippen LogP contribution is -2.49. The molecule has 3 aliphatic heterocycles. The third-order valence-electron chi connectivity index (χ3n) is 7.95. The number of rotatable bonds is 8. The van der Waals surface area contributed by atoms with Crippen LogP contribution in [0.3, 0.4) is 0 Å². The van der Waals surface area contributed by atoms with Crippen LogP contribution in [0.5, 0.6) is 0 Å². The maximum absolute atomic E-state index is 5.08. The van der Waals surface area contributed by atoms with Crippen molar-refractivity contribution in [3.05, 3.63) is 83.0 Å². The molecule has 1 aromatic rings. The van der Waals surface area contributed by atoms with Crippen LogP contribution in [0.4, 0.5) is 0 Å². The molecule has 5 heteroatoms. The minimum absolute atomic E-state index is 0.0773. The Kier molecular flexibility index (Phi) is 8.21. The van der Waals surface area contributed by atoms with Crippen LogP contribution in [0, 0.1) is 0 Å². The molecule has 0 radical (unpaired) electrons. The first-order chi connectivity index (χ1) is 18.1. The molecule has 3 unspecified atom stereocenters. The Bertz CT molecular complexity index is 1130. The van der Waals surface area contributed by atoms with E-state index < -0.39 is 0 Å². The molecule has 3 atom stereocenters. The molecule has 4 aliphatic rings. The fourth-order valence-electron chi connectivity index (χ4n) is 5.86. The Morgan fingerprint density at radius 2 is 1.81 bits per heavy atom. The largest absolute Gasteiger partial charge is 0.350 e. The number of allylic oxidation sites excluding steroid dienone is 5. The number of hydrogen-bond donors (Lipinski definition) is 0. The minimum atomic E-state index is 0.0773. The van der Waals surface area contributed by atoms with Crippen molar-refractivity contribution in [1.29, 1.82) is 0 Å². The molecule has 0 saturated carbocycles. The highest BCUT2D eigenvalue weighted by atomic mass is 15.4. The van der Waals surface area contributed by atoms with Crippen LogP contribution in [0.1, 0.15) is 57.7 Å². The number of benzene rings is 1. The number of aliphatic imine (C=N–C) groups is 2. The molecule has 1 aromatic carbocycles. The van der Waals surface area contributed by atoms with Gasteiger partial charge >= 0.3 is 0 Å². The molecular formula is C32H43N5. The Morgan fingerprint density at radius 1 is 1.05 bits per heavy atom. The highest BCUT2D eigenvalue weighted by Crippen LogP contribution is 2.31. The standard InChI is InChI=1S/C32H43N5/c1-5-10-24(3)31(27-16-14-26(11-6-2)15-17-27)36-20-18-35(19-21-36)23-30-33-29-13-9-7-8-12-28(29)32(34-30)37-22-25(37)4/h7-10,12-17,25,29,31H,5-6,11,18-23H2,1-4H3/b24-10+. The van der Waals surface area contributed by atoms with E-state index in [1.807, 2.05) is 0 Å². The molecule has 0 amide bonds. The van der Waals surface area contributed by atoms with Crippen LogP contribution in [0.25, 0.3) is 0 Å². The van der Waals surface area contributed by atoms with Gasteiger partial charge in [-0.1, -0.05) is 86.6 Å². The van der Waals surface area contributed by atoms with E-state index in [-0.39, 0.29) is 6.04 Å². The molecule has 2 fully saturated rings. The second-order valence-corrected chi connectivity index (χ2v) is 10.9. The molecule has 0 N–H and O–H groups in total. The van der Waals surface area contributed by atoms with Crippen molar-refractivity contribution < 1.29 is 0 Å². The molecule has 0 aromatic heterocycles. The van der Waals surface area contributed by atoms with Gasteiger partial charge in [-0.2, -0.15) is 0 Å². The Hall–Kier alpha value is -2.76. The van der Waals surface area contributed by atoms with Gasteiger partial charge in [0.05, 0.1) is 18.6 Å². The van der Waals surface area contributed by atoms with Gasteiger partial charge in [0, 0.05) is 44.3 Å². The summed E-state index contributed by atoms with van der Waals surface area (Å²) in [6.45, 7) is 15.2. The van der Waals surface area contributed by atoms with Gasteiger partial charge in [0.2, 0.25) is 0 Å². The van der Waals surface area contributed by atoms with Crippen molar-refractivity contribution in [2.45, 2.75) is 65.1 Å². The van der Waals surface area contributed by atoms with E-state index in [2.05, 4.69) is 103 Å². The number of hydrogen-bond acceptors (Lipinski definition) is 5. The van der Waals surface area contributed by atoms with Gasteiger partial charge in [0.25, 0.3) is 0 Å². The van der Waals surface area contributed by atoms with E-state index in [0.29, 0.717) is 12.1 Å². The van der Waals surface area contributed by atoms with E-state index in [1.54, 1.807) is 0 Å². The normalized spacial score (nSPS) is 25.2. The van der Waals surface area contributed by atoms with Crippen LogP contribution in [-0.2, 0) is 6.42 Å². The minimum Gasteiger partial charge on any atom is -0.350 e. The Morgan fingerprint density at radius 3 is 2.49 bits per heavy atom. The predicted octanol–water partition coefficient (Wildman–Crippen LogP) is 5.59. The average molecular weight is 498 g/mol. The summed E-state index contributed by atoms with van der Waals surface area (Å²) in [4.78, 5) is 17.8. The first-order valence-corrected chi connectivity index (χ1v) is 14.3. The molecule has 196 valence electrons. The summed E-state index contributed by atoms with van der Waals surface area (Å²) in [5.74, 6) is 2.10. The SMILES string of the molecule is CC/C=C(\C)C(c1ccc(CCC)cc1)N1CCN(CC2=NC3C=CC=CC=C3C(N3CC3C)=N2)CC1. The van der Waals surface area contributed by atoms with Crippen molar-refractivity contribution in [3.8, 4) is 0 Å². The van der Waals surface area contributed by atoms with Gasteiger partial charge in [-0.15, -0.1) is 0 Å². The van der Waals surface area contributed by atoms with Gasteiger partial charge in [-0.3, -0.25) is 14.8 Å². The number of fused-ring (bicyclic) bond motifs is 1. The molecule has 3 heterocycles. The van der Waals surface area contributed by atoms with Gasteiger partial charge < -0.3 is 4.90 Å². The Labute approximate surface area is 223 Å². The molecule has 0 bridgehead atoms. The van der Waals surface area contributed by atoms with Crippen LogP contribution in [-0.4, -0.2) is 77.7 Å². The molecule has 37 heavy (non-hydrogen) atoms. The molecule has 5 nitrogen and oxygen atoms in total. The topological polar surface area (TPSA) is 34.2 Å². The fraction of sp³-hybridized carbons (Fsp3) is 0.500. The van der Waals surface area contributed by atoms with Crippen molar-refractivity contribution in [1.82, 2.24) is 14.7 Å². The van der Waals surface area contributed by atoms with E-state index >= 15 is 0 Å². The number of piperazine rings is 1. The molecule has 0 spiro atoms. The number of amidine groups is 2. The molecule has 1 aliphatic carbocycles. The zero-order chi connectivity index (χ0) is 25.8. The van der Waals surface area contributed by atoms with E-state index in [4.69, 9.17) is 9.98 Å². The highest BCUT2D eigenvalue weighted by Gasteiger charge is 2.38. The van der Waals surface area contributed by atoms with Crippen LogP contribution < -0.4 is 0 Å². The zero-order valence-electron chi connectivity index (χ0n) is 23.1. The van der Waals surface area contributed by atoms with Gasteiger partial charge in [-0.25, -0.2) is 4.99 Å². The zero-order valence-corrected chi connectivity index (χ0v) is 23.1. The van der Waals surface area contributed by atoms with Crippen molar-refractivity contribution >= 4 is 11.7 Å². The lowest BCUT2D eigenvalue weighted by atomic mass is 9.95. The van der Waals surface area contributed by atoms with E-state index in [9.17, 15) is 0 Å². The molecule has 2 saturated heterocycles. The quantitative estimate of drug-likeness (QED) is 0.347. The summed E-state index contributed by atoms with van der Waals surface area (Å²) in [5.41, 5.74) is 5.55. The summed E-state index contributed by atoms with van der Waals surface area (Å²) in [6, 6.07) is 10.4. The third-order valence-corrected chi connectivity index (χ3v) is 7.95. The monoisotopic (exact) mass is 497 g/mol. The number of aryl methyl sites for hydroxylation is 1. The lowest BCUT2D eigenvalue weighted by Gasteiger charge is -2.40. The van der Waals surface area contributed by atoms with Crippen LogP contribution >= 0.6 is 0 Å². The third kappa shape index (κ3) is 6.05. The van der Waals surface area contributed by atoms with E-state index in [0.717, 1.165) is 63.8 Å². The molecule has 5 rings (SSSR count). The van der Waals surface area contributed by atoms with Gasteiger partial charge in [-0.05, 0) is 37.8 Å². The summed E-state index contributed by atoms with van der Waals surface area (Å²) in [7, 11) is 0. The summed E-state index contributed by atoms with van der Waals surface area (Å²) < 4.78 is 0. The van der Waals surface area contributed by atoms with E-state index in [1.165, 1.54) is 28.7 Å². The maximum atomic E-state index is 5.08. The Balaban J connectivity index is 1.27. The first-order valence-electron chi connectivity index (χ1n) is 14.3. The predicted molar refractivity (Wildman–Crippen MR) is 156 cm³/mol. The second kappa shape index (κ2) is 11.7. The summed E-state index contributed by atoms with van der Waals surface area (Å²) in [6.07, 6.45) is 16.5. The molecular weight excluding hydrogens is 454 g/mol. The van der Waals surface area contributed by atoms with Gasteiger partial charge in [0.15, 0.2) is 0 Å². The van der Waals surface area contributed by atoms with Gasteiger partial charge in [0.1, 0.15) is 11.7 Å². The summed E-state index contributed by atoms with van der Waals surface area (Å²) >= 11 is 0. The second-order valence-electron chi connectivity index (χ2n) is 10.9. The fourth-order valence-corrected chi connectivity index (χ4v) is 5.86. The lowest BCUT2D eigenvalue weighted by molar-refractivity contribution is 0.118. The smallest absolute Gasteiger partial charge is 0.140 e. The maximum Gasteiger partial charge on any atom is 0.140 e. The number of nitrogens with zero attached hydrogens (tertiary/aromatic N) is 5. The van der Waals surface area contributed by atoms with Crippen molar-refractivity contribution in [3.63, 3.8) is 0 Å². The summed E-state index contributed by atoms with van der Waals surface area (Å²) in [5, 5.41) is 0. The van der Waals surface area contributed by atoms with Crippen LogP contribution in [0.2, 0.25) is 0 Å². The van der Waals surface area contributed by atoms with Crippen molar-refractivity contribution in [2.24, 2.45) is 9.98 Å². The van der Waals surface area contributed by atoms with Crippen molar-refractivity contribution in [2.75, 3.05) is 39.3 Å². The first kappa shape index (κ1) is 25.9. The highest BCUT2D eigenvalue weighted by molar-refractivity contribution is 6.11. The van der Waals surface area contributed by atoms with Crippen LogP contribution in [0.15, 0.2) is 81.9 Å². The average Bonchev–Trinajstić information content (AvgIpc) is 3.67.